The third kappa shape index (κ3) is 7.35. The van der Waals surface area contributed by atoms with E-state index in [0.29, 0.717) is 12.8 Å². The Balaban J connectivity index is 0.977. The van der Waals surface area contributed by atoms with E-state index in [1.165, 1.54) is 18.6 Å². The van der Waals surface area contributed by atoms with Crippen LogP contribution in [0.25, 0.3) is 0 Å². The Hall–Kier alpha value is -1.95. The summed E-state index contributed by atoms with van der Waals surface area (Å²) in [4.78, 5) is 11.7. The van der Waals surface area contributed by atoms with Crippen LogP contribution in [0.3, 0.4) is 0 Å². The SMILES string of the molecule is C[C@H]1O[C@@H](O[C@@H]2[C@@H](O[C@H]3[C@H](O)[C@@H](O[C@@H]4C=C5CC[C@@H]6[C@H](CC[C@]7(C)[C@@H](c8ccc(=O)oc8)CC[C@]67O)[C@@]5(C)CC4)O[C@@H](CO)[C@@H]3O)O[C@H](CO)[C@H](O)[C@@H]2O)[C@H](O)[C@H](O)[C@@H]1O. The number of ether oxygens (including phenoxy) is 6. The number of allylic oxidation sites excluding steroid dienone is 1. The van der Waals surface area contributed by atoms with Gasteiger partial charge in [0, 0.05) is 11.5 Å². The molecule has 3 saturated heterocycles. The molecule has 4 heterocycles. The fourth-order valence-corrected chi connectivity index (χ4v) is 12.1. The van der Waals surface area contributed by atoms with Gasteiger partial charge in [0.05, 0.1) is 37.3 Å². The highest BCUT2D eigenvalue weighted by atomic mass is 16.8. The summed E-state index contributed by atoms with van der Waals surface area (Å²) in [5.41, 5.74) is 0.246. The molecule has 4 aliphatic carbocycles. The molecule has 3 saturated carbocycles. The molecule has 338 valence electrons. The van der Waals surface area contributed by atoms with Gasteiger partial charge in [0.25, 0.3) is 0 Å². The Morgan fingerprint density at radius 2 is 1.37 bits per heavy atom. The number of aliphatic hydroxyl groups is 10. The highest BCUT2D eigenvalue weighted by Crippen LogP contribution is 2.70. The predicted octanol–water partition coefficient (Wildman–Crippen LogP) is -1.34. The molecule has 0 bridgehead atoms. The smallest absolute Gasteiger partial charge is 0.335 e. The molecule has 60 heavy (non-hydrogen) atoms. The standard InChI is InChI=1S/C42H62O18/c1-18-28(46)31(49)33(51)37(55-18)60-36-32(50)29(47)25(15-43)58-39(36)59-35-30(48)26(16-44)57-38(34(35)52)56-21-8-11-40(2)20(14-21)5-6-24-23(40)9-12-41(3)22(10-13-42(24,41)53)19-4-7-27(45)54-17-19/h4,7,14,17-18,21-26,28-39,43-44,46-53H,5-6,8-13,15-16H2,1-3H3/t18-,21+,22-,23+,24-,25-,26+,28-,29+,30+,31-,32+,33-,34+,35-,36+,37+,38+,39-,40+,41-,42+/m1/s1. The molecule has 18 heteroatoms. The normalized spacial score (nSPS) is 51.9. The summed E-state index contributed by atoms with van der Waals surface area (Å²) in [6.45, 7) is 4.39. The van der Waals surface area contributed by atoms with Crippen LogP contribution >= 0.6 is 0 Å². The molecule has 0 amide bonds. The van der Waals surface area contributed by atoms with E-state index in [1.54, 1.807) is 6.26 Å². The van der Waals surface area contributed by atoms with E-state index in [2.05, 4.69) is 19.9 Å². The van der Waals surface area contributed by atoms with Gasteiger partial charge in [-0.25, -0.2) is 4.79 Å². The number of hydrogen-bond donors (Lipinski definition) is 10. The van der Waals surface area contributed by atoms with Crippen molar-refractivity contribution >= 4 is 0 Å². The van der Waals surface area contributed by atoms with Crippen molar-refractivity contribution in [2.75, 3.05) is 13.2 Å². The van der Waals surface area contributed by atoms with E-state index >= 15 is 0 Å². The molecule has 1 aromatic heterocycles. The van der Waals surface area contributed by atoms with Crippen LogP contribution < -0.4 is 5.63 Å². The molecule has 0 unspecified atom stereocenters. The van der Waals surface area contributed by atoms with Crippen molar-refractivity contribution in [2.45, 2.75) is 182 Å². The Bertz CT molecular complexity index is 1740. The van der Waals surface area contributed by atoms with Crippen molar-refractivity contribution < 1.29 is 83.9 Å². The van der Waals surface area contributed by atoms with Gasteiger partial charge in [-0.2, -0.15) is 0 Å². The van der Waals surface area contributed by atoms with Crippen LogP contribution in [0.2, 0.25) is 0 Å². The maximum atomic E-state index is 12.6. The summed E-state index contributed by atoms with van der Waals surface area (Å²) in [6, 6.07) is 3.27. The van der Waals surface area contributed by atoms with Crippen molar-refractivity contribution in [1.82, 2.24) is 0 Å². The number of hydrogen-bond acceptors (Lipinski definition) is 18. The lowest BCUT2D eigenvalue weighted by atomic mass is 9.45. The zero-order chi connectivity index (χ0) is 43.1. The highest BCUT2D eigenvalue weighted by Gasteiger charge is 2.67. The van der Waals surface area contributed by atoms with Crippen LogP contribution in [-0.2, 0) is 28.4 Å². The highest BCUT2D eigenvalue weighted by molar-refractivity contribution is 5.31. The molecule has 6 fully saturated rings. The second-order valence-electron chi connectivity index (χ2n) is 18.7. The van der Waals surface area contributed by atoms with Crippen molar-refractivity contribution in [2.24, 2.45) is 22.7 Å². The third-order valence-corrected chi connectivity index (χ3v) is 15.7. The Morgan fingerprint density at radius 3 is 2.07 bits per heavy atom. The minimum atomic E-state index is -1.84. The van der Waals surface area contributed by atoms with Gasteiger partial charge in [-0.3, -0.25) is 0 Å². The molecule has 0 aromatic carbocycles. The molecule has 3 aliphatic heterocycles. The van der Waals surface area contributed by atoms with Crippen LogP contribution in [0.5, 0.6) is 0 Å². The lowest BCUT2D eigenvalue weighted by Gasteiger charge is -2.62. The van der Waals surface area contributed by atoms with Gasteiger partial charge < -0.3 is 83.9 Å². The van der Waals surface area contributed by atoms with Gasteiger partial charge in [-0.1, -0.05) is 25.5 Å². The number of rotatable bonds is 9. The van der Waals surface area contributed by atoms with E-state index in [-0.39, 0.29) is 28.6 Å². The predicted molar refractivity (Wildman–Crippen MR) is 203 cm³/mol. The van der Waals surface area contributed by atoms with E-state index in [4.69, 9.17) is 32.8 Å². The average molecular weight is 855 g/mol. The van der Waals surface area contributed by atoms with Gasteiger partial charge >= 0.3 is 5.63 Å². The van der Waals surface area contributed by atoms with Gasteiger partial charge in [0.1, 0.15) is 67.1 Å². The number of aliphatic hydroxyl groups excluding tert-OH is 9. The molecule has 18 nitrogen and oxygen atoms in total. The fraction of sp³-hybridized carbons (Fsp3) is 0.833. The van der Waals surface area contributed by atoms with Gasteiger partial charge in [-0.05, 0) is 93.1 Å². The third-order valence-electron chi connectivity index (χ3n) is 15.7. The molecule has 1 aromatic rings. The van der Waals surface area contributed by atoms with E-state index in [9.17, 15) is 55.9 Å². The molecule has 7 aliphatic rings. The second-order valence-corrected chi connectivity index (χ2v) is 18.7. The van der Waals surface area contributed by atoms with Crippen LogP contribution in [0.4, 0.5) is 0 Å². The summed E-state index contributed by atoms with van der Waals surface area (Å²) in [7, 11) is 0. The average Bonchev–Trinajstić information content (AvgIpc) is 3.51. The van der Waals surface area contributed by atoms with E-state index in [0.717, 1.165) is 44.1 Å². The molecule has 0 radical (unpaired) electrons. The Morgan fingerprint density at radius 1 is 0.683 bits per heavy atom. The first kappa shape index (κ1) is 44.6. The van der Waals surface area contributed by atoms with Gasteiger partial charge in [0.2, 0.25) is 0 Å². The second kappa shape index (κ2) is 16.9. The van der Waals surface area contributed by atoms with E-state index < -0.39 is 123 Å². The molecular formula is C42H62O18. The van der Waals surface area contributed by atoms with Crippen molar-refractivity contribution in [1.29, 1.82) is 0 Å². The molecule has 10 N–H and O–H groups in total. The number of fused-ring (bicyclic) bond motifs is 5. The first-order valence-electron chi connectivity index (χ1n) is 21.4. The largest absolute Gasteiger partial charge is 0.431 e. The topological polar surface area (TPSA) is 288 Å². The van der Waals surface area contributed by atoms with Gasteiger partial charge in [0.15, 0.2) is 18.9 Å². The first-order valence-corrected chi connectivity index (χ1v) is 21.4. The van der Waals surface area contributed by atoms with Crippen molar-refractivity contribution in [3.63, 3.8) is 0 Å². The maximum Gasteiger partial charge on any atom is 0.335 e. The molecule has 8 rings (SSSR count). The monoisotopic (exact) mass is 854 g/mol. The first-order chi connectivity index (χ1) is 28.4. The summed E-state index contributed by atoms with van der Waals surface area (Å²) in [5.74, 6) is 0.351. The summed E-state index contributed by atoms with van der Waals surface area (Å²) >= 11 is 0. The van der Waals surface area contributed by atoms with Crippen LogP contribution in [-0.4, -0.2) is 168 Å². The zero-order valence-electron chi connectivity index (χ0n) is 34.1. The summed E-state index contributed by atoms with van der Waals surface area (Å²) < 4.78 is 40.7. The minimum Gasteiger partial charge on any atom is -0.431 e. The Kier molecular flexibility index (Phi) is 12.6. The zero-order valence-corrected chi connectivity index (χ0v) is 34.1. The lowest BCUT2D eigenvalue weighted by Crippen LogP contribution is -2.67. The van der Waals surface area contributed by atoms with Crippen LogP contribution in [0, 0.1) is 22.7 Å². The molecule has 0 spiro atoms. The summed E-state index contributed by atoms with van der Waals surface area (Å²) in [5, 5.41) is 109. The fourth-order valence-electron chi connectivity index (χ4n) is 12.1. The maximum absolute atomic E-state index is 12.6. The Labute approximate surface area is 347 Å². The quantitative estimate of drug-likeness (QED) is 0.129. The summed E-state index contributed by atoms with van der Waals surface area (Å²) in [6.07, 6.45) is -14.8. The van der Waals surface area contributed by atoms with Crippen molar-refractivity contribution in [3.05, 3.63) is 46.0 Å². The van der Waals surface area contributed by atoms with Crippen molar-refractivity contribution in [3.8, 4) is 0 Å². The van der Waals surface area contributed by atoms with Crippen LogP contribution in [0.1, 0.15) is 83.6 Å². The lowest BCUT2D eigenvalue weighted by molar-refractivity contribution is -0.388. The minimum absolute atomic E-state index is 0.0673. The van der Waals surface area contributed by atoms with Gasteiger partial charge in [-0.15, -0.1) is 0 Å². The molecular weight excluding hydrogens is 792 g/mol. The molecule has 22 atom stereocenters. The van der Waals surface area contributed by atoms with E-state index in [1.807, 2.05) is 6.07 Å². The van der Waals surface area contributed by atoms with Crippen LogP contribution in [0.15, 0.2) is 39.3 Å².